The number of methoxy groups -OCH3 is 1. The number of hydrogen-bond donors (Lipinski definition) is 2. The first kappa shape index (κ1) is 26.9. The molecule has 7 nitrogen and oxygen atoms in total. The van der Waals surface area contributed by atoms with Crippen LogP contribution in [0, 0.1) is 0 Å². The van der Waals surface area contributed by atoms with Crippen molar-refractivity contribution in [2.24, 2.45) is 0 Å². The maximum absolute atomic E-state index is 9.10. The van der Waals surface area contributed by atoms with Crippen molar-refractivity contribution in [2.75, 3.05) is 26.8 Å². The van der Waals surface area contributed by atoms with E-state index in [-0.39, 0.29) is 6.10 Å². The molecule has 3 aromatic carbocycles. The van der Waals surface area contributed by atoms with Gasteiger partial charge in [-0.2, -0.15) is 0 Å². The van der Waals surface area contributed by atoms with Gasteiger partial charge < -0.3 is 19.7 Å². The summed E-state index contributed by atoms with van der Waals surface area (Å²) in [6.07, 6.45) is 1.14. The Morgan fingerprint density at radius 1 is 0.917 bits per heavy atom. The summed E-state index contributed by atoms with van der Waals surface area (Å²) in [6.45, 7) is 5.16. The number of aliphatic carboxylic acids is 2. The Kier molecular flexibility index (Phi) is 10.0. The molecule has 2 N–H and O–H groups in total. The Morgan fingerprint density at radius 2 is 1.50 bits per heavy atom. The zero-order valence-electron chi connectivity index (χ0n) is 20.6. The monoisotopic (exact) mass is 491 g/mol. The second-order valence-corrected chi connectivity index (χ2v) is 8.75. The minimum Gasteiger partial charge on any atom is -0.497 e. The van der Waals surface area contributed by atoms with Crippen LogP contribution >= 0.6 is 0 Å². The predicted octanol–water partition coefficient (Wildman–Crippen LogP) is 4.83. The van der Waals surface area contributed by atoms with Crippen molar-refractivity contribution in [1.82, 2.24) is 4.90 Å². The molecular formula is C29H33NO6. The highest BCUT2D eigenvalue weighted by Gasteiger charge is 2.28. The van der Waals surface area contributed by atoms with E-state index in [2.05, 4.69) is 90.7 Å². The summed E-state index contributed by atoms with van der Waals surface area (Å²) in [5.74, 6) is -2.15. The van der Waals surface area contributed by atoms with Gasteiger partial charge in [-0.15, -0.1) is 0 Å². The highest BCUT2D eigenvalue weighted by molar-refractivity contribution is 6.27. The molecule has 0 aromatic heterocycles. The smallest absolute Gasteiger partial charge is 0.414 e. The summed E-state index contributed by atoms with van der Waals surface area (Å²) in [5.41, 5.74) is 3.77. The average Bonchev–Trinajstić information content (AvgIpc) is 3.41. The third-order valence-corrected chi connectivity index (χ3v) is 6.30. The molecule has 0 bridgehead atoms. The number of likely N-dealkylation sites (tertiary alicyclic amines) is 1. The van der Waals surface area contributed by atoms with Gasteiger partial charge in [-0.1, -0.05) is 72.8 Å². The summed E-state index contributed by atoms with van der Waals surface area (Å²) in [4.78, 5) is 20.8. The Bertz CT molecular complexity index is 1050. The summed E-state index contributed by atoms with van der Waals surface area (Å²) < 4.78 is 11.9. The Hall–Kier alpha value is -3.68. The lowest BCUT2D eigenvalue weighted by molar-refractivity contribution is -0.159. The van der Waals surface area contributed by atoms with E-state index < -0.39 is 11.9 Å². The molecule has 0 aliphatic carbocycles. The van der Waals surface area contributed by atoms with Crippen LogP contribution in [0.5, 0.6) is 5.75 Å². The van der Waals surface area contributed by atoms with Crippen LogP contribution in [-0.2, 0) is 14.3 Å². The standard InChI is InChI=1S/C27H31NO2.C2H2O4/c1-21(28-17-16-25(19-28)24-14-9-15-26(18-24)29-2)20-30-27(22-10-5-3-6-11-22)23-12-7-4-8-13-23;3-1(4)2(5)6/h3-15,18,21,25,27H,16-17,19-20H2,1-2H3;(H,3,4)(H,5,6). The number of nitrogens with zero attached hydrogens (tertiary/aromatic N) is 1. The molecule has 2 unspecified atom stereocenters. The van der Waals surface area contributed by atoms with Gasteiger partial charge in [-0.05, 0) is 54.6 Å². The topological polar surface area (TPSA) is 96.3 Å². The SMILES string of the molecule is COc1cccc(C2CCN(C(C)COC(c3ccccc3)c3ccccc3)C2)c1.O=C(O)C(=O)O. The van der Waals surface area contributed by atoms with Crippen molar-refractivity contribution in [3.05, 3.63) is 102 Å². The first-order valence-corrected chi connectivity index (χ1v) is 11.9. The summed E-state index contributed by atoms with van der Waals surface area (Å²) in [7, 11) is 1.73. The van der Waals surface area contributed by atoms with Crippen LogP contribution in [0.25, 0.3) is 0 Å². The highest BCUT2D eigenvalue weighted by atomic mass is 16.5. The average molecular weight is 492 g/mol. The maximum Gasteiger partial charge on any atom is 0.414 e. The second-order valence-electron chi connectivity index (χ2n) is 8.75. The number of carbonyl (C=O) groups is 2. The van der Waals surface area contributed by atoms with E-state index in [1.54, 1.807) is 7.11 Å². The molecule has 2 atom stereocenters. The van der Waals surface area contributed by atoms with Crippen molar-refractivity contribution in [2.45, 2.75) is 31.4 Å². The van der Waals surface area contributed by atoms with E-state index in [1.807, 2.05) is 6.07 Å². The zero-order valence-corrected chi connectivity index (χ0v) is 20.6. The van der Waals surface area contributed by atoms with Crippen LogP contribution in [0.15, 0.2) is 84.9 Å². The molecule has 0 spiro atoms. The molecule has 36 heavy (non-hydrogen) atoms. The number of rotatable bonds is 8. The molecule has 0 radical (unpaired) electrons. The number of carboxylic acid groups (broad SMARTS) is 2. The van der Waals surface area contributed by atoms with Crippen LogP contribution in [0.2, 0.25) is 0 Å². The first-order valence-electron chi connectivity index (χ1n) is 11.9. The molecule has 0 saturated carbocycles. The van der Waals surface area contributed by atoms with Gasteiger partial charge in [0.25, 0.3) is 0 Å². The van der Waals surface area contributed by atoms with E-state index >= 15 is 0 Å². The number of ether oxygens (including phenoxy) is 2. The van der Waals surface area contributed by atoms with Crippen LogP contribution in [0.3, 0.4) is 0 Å². The van der Waals surface area contributed by atoms with Crippen molar-refractivity contribution in [3.63, 3.8) is 0 Å². The van der Waals surface area contributed by atoms with Gasteiger partial charge in [-0.3, -0.25) is 4.90 Å². The number of hydrogen-bond acceptors (Lipinski definition) is 5. The predicted molar refractivity (Wildman–Crippen MR) is 137 cm³/mol. The largest absolute Gasteiger partial charge is 0.497 e. The highest BCUT2D eigenvalue weighted by Crippen LogP contribution is 2.31. The van der Waals surface area contributed by atoms with E-state index in [4.69, 9.17) is 29.3 Å². The normalized spacial score (nSPS) is 16.1. The van der Waals surface area contributed by atoms with E-state index in [0.717, 1.165) is 18.8 Å². The Balaban J connectivity index is 0.000000538. The first-order chi connectivity index (χ1) is 17.4. The fourth-order valence-corrected chi connectivity index (χ4v) is 4.34. The van der Waals surface area contributed by atoms with Crippen molar-refractivity contribution in [1.29, 1.82) is 0 Å². The number of carboxylic acids is 2. The molecule has 190 valence electrons. The molecule has 3 aromatic rings. The fraction of sp³-hybridized carbons (Fsp3) is 0.310. The van der Waals surface area contributed by atoms with Gasteiger partial charge >= 0.3 is 11.9 Å². The minimum absolute atomic E-state index is 0.0355. The van der Waals surface area contributed by atoms with E-state index in [1.165, 1.54) is 23.1 Å². The van der Waals surface area contributed by atoms with E-state index in [0.29, 0.717) is 18.6 Å². The minimum atomic E-state index is -1.82. The Morgan fingerprint density at radius 3 is 2.03 bits per heavy atom. The molecular weight excluding hydrogens is 458 g/mol. The van der Waals surface area contributed by atoms with Crippen molar-refractivity contribution in [3.8, 4) is 5.75 Å². The van der Waals surface area contributed by atoms with Crippen LogP contribution in [-0.4, -0.2) is 59.9 Å². The van der Waals surface area contributed by atoms with E-state index in [9.17, 15) is 0 Å². The molecule has 1 aliphatic heterocycles. The lowest BCUT2D eigenvalue weighted by Gasteiger charge is -2.27. The quantitative estimate of drug-likeness (QED) is 0.436. The Labute approximate surface area is 211 Å². The van der Waals surface area contributed by atoms with Crippen LogP contribution < -0.4 is 4.74 Å². The van der Waals surface area contributed by atoms with Gasteiger partial charge in [0, 0.05) is 12.6 Å². The third-order valence-electron chi connectivity index (χ3n) is 6.30. The summed E-state index contributed by atoms with van der Waals surface area (Å²) in [5, 5.41) is 14.8. The number of benzene rings is 3. The third kappa shape index (κ3) is 7.66. The zero-order chi connectivity index (χ0) is 25.9. The van der Waals surface area contributed by atoms with Crippen molar-refractivity contribution >= 4 is 11.9 Å². The summed E-state index contributed by atoms with van der Waals surface area (Å²) >= 11 is 0. The summed E-state index contributed by atoms with van der Waals surface area (Å²) in [6, 6.07) is 29.9. The van der Waals surface area contributed by atoms with Crippen molar-refractivity contribution < 1.29 is 29.3 Å². The second kappa shape index (κ2) is 13.4. The lowest BCUT2D eigenvalue weighted by Crippen LogP contribution is -2.35. The van der Waals surface area contributed by atoms with Crippen LogP contribution in [0.1, 0.15) is 42.1 Å². The maximum atomic E-state index is 9.10. The van der Waals surface area contributed by atoms with Gasteiger partial charge in [0.1, 0.15) is 11.9 Å². The van der Waals surface area contributed by atoms with Gasteiger partial charge in [0.05, 0.1) is 13.7 Å². The lowest BCUT2D eigenvalue weighted by atomic mass is 9.98. The molecule has 1 heterocycles. The van der Waals surface area contributed by atoms with Gasteiger partial charge in [-0.25, -0.2) is 9.59 Å². The molecule has 1 fully saturated rings. The molecule has 1 saturated heterocycles. The van der Waals surface area contributed by atoms with Gasteiger partial charge in [0.15, 0.2) is 0 Å². The fourth-order valence-electron chi connectivity index (χ4n) is 4.34. The van der Waals surface area contributed by atoms with Crippen LogP contribution in [0.4, 0.5) is 0 Å². The molecule has 4 rings (SSSR count). The molecule has 7 heteroatoms. The molecule has 0 amide bonds. The molecule has 1 aliphatic rings. The van der Waals surface area contributed by atoms with Gasteiger partial charge in [0.2, 0.25) is 0 Å².